The highest BCUT2D eigenvalue weighted by Gasteiger charge is 2.31. The second-order valence-corrected chi connectivity index (χ2v) is 7.13. The Kier molecular flexibility index (Phi) is 5.69. The van der Waals surface area contributed by atoms with E-state index in [1.54, 1.807) is 7.11 Å². The number of benzene rings is 1. The molecule has 118 valence electrons. The molecule has 0 heterocycles. The third-order valence-corrected chi connectivity index (χ3v) is 5.42. The van der Waals surface area contributed by atoms with Gasteiger partial charge in [0.2, 0.25) is 0 Å². The molecule has 2 rings (SSSR count). The van der Waals surface area contributed by atoms with E-state index in [1.165, 1.54) is 43.4 Å². The highest BCUT2D eigenvalue weighted by atomic mass is 16.5. The molecule has 2 heteroatoms. The number of nitrogens with one attached hydrogen (secondary N) is 1. The van der Waals surface area contributed by atoms with Gasteiger partial charge >= 0.3 is 0 Å². The molecule has 0 atom stereocenters. The van der Waals surface area contributed by atoms with Crippen LogP contribution in [-0.4, -0.2) is 13.2 Å². The Morgan fingerprint density at radius 2 is 1.81 bits per heavy atom. The Balaban J connectivity index is 1.92. The maximum atomic E-state index is 5.29. The topological polar surface area (TPSA) is 21.3 Å². The molecule has 0 aromatic heterocycles. The maximum Gasteiger partial charge on any atom is 0.0733 e. The molecule has 0 bridgehead atoms. The molecule has 1 saturated carbocycles. The third-order valence-electron chi connectivity index (χ3n) is 5.42. The zero-order valence-corrected chi connectivity index (χ0v) is 14.1. The molecule has 0 unspecified atom stereocenters. The molecular weight excluding hydrogens is 258 g/mol. The van der Waals surface area contributed by atoms with E-state index in [2.05, 4.69) is 50.4 Å². The van der Waals surface area contributed by atoms with Gasteiger partial charge < -0.3 is 10.1 Å². The van der Waals surface area contributed by atoms with Gasteiger partial charge in [0.25, 0.3) is 0 Å². The quantitative estimate of drug-likeness (QED) is 0.773. The van der Waals surface area contributed by atoms with E-state index in [0.717, 1.165) is 5.92 Å². The maximum absolute atomic E-state index is 5.29. The van der Waals surface area contributed by atoms with Crippen LogP contribution in [0.5, 0.6) is 0 Å². The summed E-state index contributed by atoms with van der Waals surface area (Å²) in [6.45, 7) is 7.87. The van der Waals surface area contributed by atoms with Gasteiger partial charge in [0.05, 0.1) is 6.61 Å². The van der Waals surface area contributed by atoms with Gasteiger partial charge in [-0.15, -0.1) is 0 Å². The van der Waals surface area contributed by atoms with Gasteiger partial charge in [-0.25, -0.2) is 0 Å². The van der Waals surface area contributed by atoms with Crippen LogP contribution in [0, 0.1) is 11.3 Å². The van der Waals surface area contributed by atoms with Crippen LogP contribution < -0.4 is 5.32 Å². The molecule has 0 spiro atoms. The number of para-hydroxylation sites is 1. The largest absolute Gasteiger partial charge is 0.382 e. The highest BCUT2D eigenvalue weighted by molar-refractivity contribution is 5.51. The van der Waals surface area contributed by atoms with Gasteiger partial charge in [-0.2, -0.15) is 0 Å². The van der Waals surface area contributed by atoms with Crippen LogP contribution in [0.25, 0.3) is 0 Å². The van der Waals surface area contributed by atoms with Crippen LogP contribution in [0.4, 0.5) is 5.69 Å². The van der Waals surface area contributed by atoms with Crippen LogP contribution in [0.15, 0.2) is 24.3 Å². The molecule has 1 fully saturated rings. The summed E-state index contributed by atoms with van der Waals surface area (Å²) >= 11 is 0. The van der Waals surface area contributed by atoms with Crippen molar-refractivity contribution in [2.75, 3.05) is 12.4 Å². The summed E-state index contributed by atoms with van der Waals surface area (Å²) in [5.74, 6) is 0.884. The van der Waals surface area contributed by atoms with E-state index in [1.807, 2.05) is 0 Å². The second kappa shape index (κ2) is 7.31. The Hall–Kier alpha value is -1.02. The lowest BCUT2D eigenvalue weighted by Gasteiger charge is -2.39. The van der Waals surface area contributed by atoms with E-state index in [4.69, 9.17) is 4.74 Å². The number of ether oxygens (including phenoxy) is 1. The van der Waals surface area contributed by atoms with Crippen LogP contribution in [0.1, 0.15) is 58.4 Å². The van der Waals surface area contributed by atoms with Gasteiger partial charge in [-0.05, 0) is 43.1 Å². The predicted molar refractivity (Wildman–Crippen MR) is 90.6 cm³/mol. The Morgan fingerprint density at radius 3 is 2.43 bits per heavy atom. The van der Waals surface area contributed by atoms with Crippen LogP contribution in [0.3, 0.4) is 0 Å². The molecule has 0 aliphatic heterocycles. The Bertz CT molecular complexity index is 433. The average Bonchev–Trinajstić information content (AvgIpc) is 2.50. The van der Waals surface area contributed by atoms with Crippen LogP contribution >= 0.6 is 0 Å². The van der Waals surface area contributed by atoms with E-state index in [9.17, 15) is 0 Å². The van der Waals surface area contributed by atoms with E-state index < -0.39 is 0 Å². The first-order valence-electron chi connectivity index (χ1n) is 8.40. The summed E-state index contributed by atoms with van der Waals surface area (Å²) in [5, 5.41) is 3.74. The average molecular weight is 289 g/mol. The highest BCUT2D eigenvalue weighted by Crippen LogP contribution is 2.41. The van der Waals surface area contributed by atoms with Gasteiger partial charge in [0, 0.05) is 24.4 Å². The fourth-order valence-electron chi connectivity index (χ4n) is 3.47. The normalized spacial score (nSPS) is 23.0. The van der Waals surface area contributed by atoms with Gasteiger partial charge in [0.1, 0.15) is 0 Å². The van der Waals surface area contributed by atoms with Crippen molar-refractivity contribution in [1.82, 2.24) is 0 Å². The van der Waals surface area contributed by atoms with Crippen molar-refractivity contribution in [2.45, 2.75) is 65.5 Å². The Morgan fingerprint density at radius 1 is 1.14 bits per heavy atom. The first-order chi connectivity index (χ1) is 10.1. The summed E-state index contributed by atoms with van der Waals surface area (Å²) in [5.41, 5.74) is 3.01. The van der Waals surface area contributed by atoms with Crippen LogP contribution in [0.2, 0.25) is 0 Å². The van der Waals surface area contributed by atoms with Crippen molar-refractivity contribution in [1.29, 1.82) is 0 Å². The summed E-state index contributed by atoms with van der Waals surface area (Å²) in [7, 11) is 1.76. The molecule has 1 N–H and O–H groups in total. The van der Waals surface area contributed by atoms with Crippen molar-refractivity contribution in [2.24, 2.45) is 11.3 Å². The van der Waals surface area contributed by atoms with Crippen molar-refractivity contribution in [3.63, 3.8) is 0 Å². The molecule has 0 saturated heterocycles. The smallest absolute Gasteiger partial charge is 0.0733 e. The fraction of sp³-hybridized carbons (Fsp3) is 0.684. The molecular formula is C19H31NO. The SMILES string of the molecule is CCC(C)(C)C1CCC(Nc2ccccc2COC)CC1. The minimum Gasteiger partial charge on any atom is -0.382 e. The lowest BCUT2D eigenvalue weighted by Crippen LogP contribution is -2.32. The number of rotatable bonds is 6. The van der Waals surface area contributed by atoms with Crippen molar-refractivity contribution in [3.8, 4) is 0 Å². The fourth-order valence-corrected chi connectivity index (χ4v) is 3.47. The predicted octanol–water partition coefficient (Wildman–Crippen LogP) is 5.24. The van der Waals surface area contributed by atoms with E-state index >= 15 is 0 Å². The molecule has 21 heavy (non-hydrogen) atoms. The lowest BCUT2D eigenvalue weighted by molar-refractivity contribution is 0.147. The monoisotopic (exact) mass is 289 g/mol. The molecule has 1 aromatic carbocycles. The molecule has 0 amide bonds. The molecule has 1 aliphatic rings. The summed E-state index contributed by atoms with van der Waals surface area (Å²) in [4.78, 5) is 0. The standard InChI is InChI=1S/C19H31NO/c1-5-19(2,3)16-10-12-17(13-11-16)20-18-9-7-6-8-15(18)14-21-4/h6-9,16-17,20H,5,10-14H2,1-4H3. The molecule has 1 aliphatic carbocycles. The van der Waals surface area contributed by atoms with E-state index in [-0.39, 0.29) is 0 Å². The van der Waals surface area contributed by atoms with Crippen LogP contribution in [-0.2, 0) is 11.3 Å². The zero-order chi connectivity index (χ0) is 15.3. The first-order valence-corrected chi connectivity index (χ1v) is 8.40. The van der Waals surface area contributed by atoms with Crippen molar-refractivity contribution < 1.29 is 4.74 Å². The molecule has 2 nitrogen and oxygen atoms in total. The zero-order valence-electron chi connectivity index (χ0n) is 14.1. The first kappa shape index (κ1) is 16.4. The summed E-state index contributed by atoms with van der Waals surface area (Å²) in [6.07, 6.45) is 6.56. The van der Waals surface area contributed by atoms with Gasteiger partial charge in [0.15, 0.2) is 0 Å². The van der Waals surface area contributed by atoms with Crippen molar-refractivity contribution >= 4 is 5.69 Å². The second-order valence-electron chi connectivity index (χ2n) is 7.13. The number of anilines is 1. The lowest BCUT2D eigenvalue weighted by atomic mass is 9.69. The number of hydrogen-bond acceptors (Lipinski definition) is 2. The summed E-state index contributed by atoms with van der Waals surface area (Å²) < 4.78 is 5.29. The molecule has 1 aromatic rings. The van der Waals surface area contributed by atoms with E-state index in [0.29, 0.717) is 18.1 Å². The summed E-state index contributed by atoms with van der Waals surface area (Å²) in [6, 6.07) is 9.13. The number of methoxy groups -OCH3 is 1. The minimum absolute atomic E-state index is 0.499. The number of hydrogen-bond donors (Lipinski definition) is 1. The third kappa shape index (κ3) is 4.23. The minimum atomic E-state index is 0.499. The van der Waals surface area contributed by atoms with Gasteiger partial charge in [-0.1, -0.05) is 45.4 Å². The van der Waals surface area contributed by atoms with Gasteiger partial charge in [-0.3, -0.25) is 0 Å². The Labute approximate surface area is 130 Å². The van der Waals surface area contributed by atoms with Crippen molar-refractivity contribution in [3.05, 3.63) is 29.8 Å². The molecule has 0 radical (unpaired) electrons.